The van der Waals surface area contributed by atoms with E-state index in [2.05, 4.69) is 16.1 Å². The summed E-state index contributed by atoms with van der Waals surface area (Å²) in [6.45, 7) is 0.688. The molecule has 0 aliphatic carbocycles. The summed E-state index contributed by atoms with van der Waals surface area (Å²) in [5.41, 5.74) is 10.8. The summed E-state index contributed by atoms with van der Waals surface area (Å²) in [6, 6.07) is 0. The Morgan fingerprint density at radius 3 is 2.62 bits per heavy atom. The largest absolute Gasteiger partial charge is 0.427 e. The predicted octanol–water partition coefficient (Wildman–Crippen LogP) is -0.610. The molecule has 0 rings (SSSR count). The van der Waals surface area contributed by atoms with E-state index in [4.69, 9.17) is 11.5 Å². The Labute approximate surface area is 77.7 Å². The van der Waals surface area contributed by atoms with Crippen LogP contribution in [0.2, 0.25) is 0 Å². The Bertz CT molecular complexity index is 142. The Balaban J connectivity index is 3.29. The van der Waals surface area contributed by atoms with Crippen molar-refractivity contribution in [2.45, 2.75) is 31.8 Å². The SMILES string of the molecule is NCCCCCC(N)NC(=O)ON. The van der Waals surface area contributed by atoms with Gasteiger partial charge in [-0.2, -0.15) is 5.90 Å². The van der Waals surface area contributed by atoms with Crippen molar-refractivity contribution < 1.29 is 9.63 Å². The molecular weight excluding hydrogens is 172 g/mol. The normalized spacial score (nSPS) is 12.2. The van der Waals surface area contributed by atoms with Gasteiger partial charge < -0.3 is 21.6 Å². The van der Waals surface area contributed by atoms with Gasteiger partial charge in [0.1, 0.15) is 0 Å². The van der Waals surface area contributed by atoms with Crippen LogP contribution in [-0.4, -0.2) is 18.8 Å². The van der Waals surface area contributed by atoms with Gasteiger partial charge in [0, 0.05) is 0 Å². The average Bonchev–Trinajstić information content (AvgIpc) is 2.12. The molecule has 1 atom stereocenters. The lowest BCUT2D eigenvalue weighted by atomic mass is 10.1. The molecule has 0 heterocycles. The minimum Gasteiger partial charge on any atom is -0.357 e. The number of nitrogens with two attached hydrogens (primary N) is 3. The summed E-state index contributed by atoms with van der Waals surface area (Å²) < 4.78 is 0. The van der Waals surface area contributed by atoms with Crippen molar-refractivity contribution in [3.8, 4) is 0 Å². The van der Waals surface area contributed by atoms with Gasteiger partial charge in [0.05, 0.1) is 6.17 Å². The maximum atomic E-state index is 10.6. The van der Waals surface area contributed by atoms with E-state index in [1.54, 1.807) is 0 Å². The van der Waals surface area contributed by atoms with Gasteiger partial charge in [0.25, 0.3) is 0 Å². The third-order valence-corrected chi connectivity index (χ3v) is 1.63. The quantitative estimate of drug-likeness (QED) is 0.253. The minimum absolute atomic E-state index is 0.395. The van der Waals surface area contributed by atoms with Crippen molar-refractivity contribution in [2.75, 3.05) is 6.54 Å². The number of unbranched alkanes of at least 4 members (excludes halogenated alkanes) is 2. The lowest BCUT2D eigenvalue weighted by Gasteiger charge is -2.11. The second kappa shape index (κ2) is 7.78. The van der Waals surface area contributed by atoms with Gasteiger partial charge in [0.2, 0.25) is 0 Å². The van der Waals surface area contributed by atoms with Crippen LogP contribution in [0.1, 0.15) is 25.7 Å². The number of nitrogens with one attached hydrogen (secondary N) is 1. The Kier molecular flexibility index (Phi) is 7.27. The molecule has 13 heavy (non-hydrogen) atoms. The highest BCUT2D eigenvalue weighted by Gasteiger charge is 2.06. The van der Waals surface area contributed by atoms with Gasteiger partial charge in [-0.15, -0.1) is 0 Å². The molecule has 0 saturated heterocycles. The van der Waals surface area contributed by atoms with E-state index in [-0.39, 0.29) is 0 Å². The van der Waals surface area contributed by atoms with E-state index in [0.717, 1.165) is 19.3 Å². The van der Waals surface area contributed by atoms with Gasteiger partial charge >= 0.3 is 6.09 Å². The van der Waals surface area contributed by atoms with Gasteiger partial charge in [-0.05, 0) is 19.4 Å². The molecule has 0 spiro atoms. The zero-order valence-electron chi connectivity index (χ0n) is 7.66. The Hall–Kier alpha value is -0.850. The molecule has 0 aromatic carbocycles. The first-order valence-corrected chi connectivity index (χ1v) is 4.33. The molecule has 0 bridgehead atoms. The van der Waals surface area contributed by atoms with E-state index in [1.165, 1.54) is 0 Å². The van der Waals surface area contributed by atoms with Gasteiger partial charge in [-0.25, -0.2) is 4.79 Å². The van der Waals surface area contributed by atoms with Crippen LogP contribution in [0.15, 0.2) is 0 Å². The average molecular weight is 190 g/mol. The lowest BCUT2D eigenvalue weighted by molar-refractivity contribution is 0.143. The van der Waals surface area contributed by atoms with Crippen LogP contribution in [0.4, 0.5) is 4.79 Å². The zero-order valence-corrected chi connectivity index (χ0v) is 7.66. The van der Waals surface area contributed by atoms with E-state index in [0.29, 0.717) is 13.0 Å². The highest BCUT2D eigenvalue weighted by molar-refractivity contribution is 5.66. The maximum Gasteiger partial charge on any atom is 0.427 e. The van der Waals surface area contributed by atoms with E-state index in [1.807, 2.05) is 0 Å². The first-order valence-electron chi connectivity index (χ1n) is 4.33. The van der Waals surface area contributed by atoms with Crippen LogP contribution in [0.5, 0.6) is 0 Å². The summed E-state index contributed by atoms with van der Waals surface area (Å²) in [6.07, 6.45) is 2.54. The highest BCUT2D eigenvalue weighted by atomic mass is 16.7. The maximum absolute atomic E-state index is 10.6. The summed E-state index contributed by atoms with van der Waals surface area (Å²) in [4.78, 5) is 14.5. The molecule has 6 nitrogen and oxygen atoms in total. The van der Waals surface area contributed by atoms with Crippen LogP contribution >= 0.6 is 0 Å². The molecule has 7 N–H and O–H groups in total. The molecule has 0 aliphatic heterocycles. The zero-order chi connectivity index (χ0) is 10.1. The summed E-state index contributed by atoms with van der Waals surface area (Å²) >= 11 is 0. The second-order valence-corrected chi connectivity index (χ2v) is 2.79. The summed E-state index contributed by atoms with van der Waals surface area (Å²) in [5.74, 6) is 4.61. The summed E-state index contributed by atoms with van der Waals surface area (Å²) in [7, 11) is 0. The molecule has 0 fully saturated rings. The second-order valence-electron chi connectivity index (χ2n) is 2.79. The minimum atomic E-state index is -0.702. The van der Waals surface area contributed by atoms with Crippen molar-refractivity contribution in [3.05, 3.63) is 0 Å². The molecule has 0 aliphatic rings. The molecule has 1 unspecified atom stereocenters. The number of amides is 1. The fourth-order valence-corrected chi connectivity index (χ4v) is 0.943. The Morgan fingerprint density at radius 2 is 2.08 bits per heavy atom. The van der Waals surface area contributed by atoms with E-state index < -0.39 is 12.3 Å². The summed E-state index contributed by atoms with van der Waals surface area (Å²) in [5, 5.41) is 2.37. The third-order valence-electron chi connectivity index (χ3n) is 1.63. The van der Waals surface area contributed by atoms with Gasteiger partial charge in [-0.1, -0.05) is 12.8 Å². The highest BCUT2D eigenvalue weighted by Crippen LogP contribution is 1.99. The molecule has 0 radical (unpaired) electrons. The molecule has 0 aromatic heterocycles. The standard InChI is InChI=1S/C7H18N4O2/c8-5-3-1-2-4-6(9)11-7(12)13-10/h6H,1-5,8-10H2,(H,11,12). The van der Waals surface area contributed by atoms with E-state index >= 15 is 0 Å². The number of hydrogen-bond acceptors (Lipinski definition) is 5. The van der Waals surface area contributed by atoms with Crippen molar-refractivity contribution in [2.24, 2.45) is 17.4 Å². The molecular formula is C7H18N4O2. The lowest BCUT2D eigenvalue weighted by Crippen LogP contribution is -2.42. The first kappa shape index (κ1) is 12.2. The van der Waals surface area contributed by atoms with Crippen LogP contribution in [-0.2, 0) is 4.84 Å². The van der Waals surface area contributed by atoms with Crippen LogP contribution < -0.4 is 22.7 Å². The molecule has 78 valence electrons. The van der Waals surface area contributed by atoms with Gasteiger partial charge in [-0.3, -0.25) is 0 Å². The molecule has 0 aromatic rings. The van der Waals surface area contributed by atoms with E-state index in [9.17, 15) is 4.79 Å². The topological polar surface area (TPSA) is 116 Å². The fraction of sp³-hybridized carbons (Fsp3) is 0.857. The van der Waals surface area contributed by atoms with Crippen LogP contribution in [0, 0.1) is 0 Å². The monoisotopic (exact) mass is 190 g/mol. The smallest absolute Gasteiger partial charge is 0.357 e. The molecule has 1 amide bonds. The van der Waals surface area contributed by atoms with Crippen molar-refractivity contribution in [1.29, 1.82) is 0 Å². The number of hydrogen-bond donors (Lipinski definition) is 4. The Morgan fingerprint density at radius 1 is 1.38 bits per heavy atom. The molecule has 6 heteroatoms. The first-order chi connectivity index (χ1) is 6.20. The third kappa shape index (κ3) is 7.51. The fourth-order valence-electron chi connectivity index (χ4n) is 0.943. The molecule has 0 saturated carbocycles. The van der Waals surface area contributed by atoms with Crippen molar-refractivity contribution in [1.82, 2.24) is 5.32 Å². The number of carbonyl (C=O) groups excluding carboxylic acids is 1. The van der Waals surface area contributed by atoms with Crippen LogP contribution in [0.3, 0.4) is 0 Å². The number of carbonyl (C=O) groups is 1. The number of rotatable bonds is 6. The van der Waals surface area contributed by atoms with Crippen LogP contribution in [0.25, 0.3) is 0 Å². The van der Waals surface area contributed by atoms with Gasteiger partial charge in [0.15, 0.2) is 0 Å². The van der Waals surface area contributed by atoms with Crippen molar-refractivity contribution >= 4 is 6.09 Å². The predicted molar refractivity (Wildman–Crippen MR) is 49.3 cm³/mol. The van der Waals surface area contributed by atoms with Crippen molar-refractivity contribution in [3.63, 3.8) is 0 Å².